The Bertz CT molecular complexity index is 1070. The van der Waals surface area contributed by atoms with Crippen LogP contribution >= 0.6 is 11.3 Å². The summed E-state index contributed by atoms with van der Waals surface area (Å²) in [6, 6.07) is 9.11. The van der Waals surface area contributed by atoms with Crippen LogP contribution in [0.1, 0.15) is 29.1 Å². The van der Waals surface area contributed by atoms with E-state index in [-0.39, 0.29) is 23.9 Å². The van der Waals surface area contributed by atoms with Crippen molar-refractivity contribution < 1.29 is 9.59 Å². The van der Waals surface area contributed by atoms with Crippen LogP contribution in [0.2, 0.25) is 0 Å². The zero-order valence-corrected chi connectivity index (χ0v) is 16.8. The summed E-state index contributed by atoms with van der Waals surface area (Å²) in [4.78, 5) is 42.7. The lowest BCUT2D eigenvalue weighted by molar-refractivity contribution is -0.121. The van der Waals surface area contributed by atoms with Crippen LogP contribution in [0.5, 0.6) is 0 Å². The second-order valence-corrected chi connectivity index (χ2v) is 7.93. The van der Waals surface area contributed by atoms with Gasteiger partial charge in [-0.05, 0) is 30.5 Å². The summed E-state index contributed by atoms with van der Waals surface area (Å²) in [5.74, 6) is -0.203. The number of amides is 2. The van der Waals surface area contributed by atoms with E-state index in [0.29, 0.717) is 38.8 Å². The Morgan fingerprint density at radius 1 is 1.21 bits per heavy atom. The molecular formula is C20H22N4O3S. The molecule has 3 rings (SSSR count). The zero-order chi connectivity index (χ0) is 20.3. The van der Waals surface area contributed by atoms with Crippen molar-refractivity contribution in [2.45, 2.75) is 27.3 Å². The van der Waals surface area contributed by atoms with Crippen molar-refractivity contribution in [3.63, 3.8) is 0 Å². The fourth-order valence-corrected chi connectivity index (χ4v) is 3.76. The molecule has 0 aliphatic carbocycles. The van der Waals surface area contributed by atoms with Gasteiger partial charge in [-0.1, -0.05) is 32.0 Å². The van der Waals surface area contributed by atoms with Gasteiger partial charge in [-0.15, -0.1) is 11.3 Å². The Morgan fingerprint density at radius 3 is 2.61 bits per heavy atom. The number of thiophene rings is 1. The molecule has 0 unspecified atom stereocenters. The lowest BCUT2D eigenvalue weighted by Gasteiger charge is -2.09. The van der Waals surface area contributed by atoms with E-state index < -0.39 is 0 Å². The molecule has 0 atom stereocenters. The van der Waals surface area contributed by atoms with Crippen molar-refractivity contribution in [3.8, 4) is 0 Å². The Labute approximate surface area is 166 Å². The summed E-state index contributed by atoms with van der Waals surface area (Å²) >= 11 is 1.17. The Morgan fingerprint density at radius 2 is 1.93 bits per heavy atom. The van der Waals surface area contributed by atoms with Gasteiger partial charge in [-0.25, -0.2) is 4.98 Å². The highest BCUT2D eigenvalue weighted by Gasteiger charge is 2.20. The van der Waals surface area contributed by atoms with Gasteiger partial charge in [0.2, 0.25) is 5.91 Å². The van der Waals surface area contributed by atoms with Crippen molar-refractivity contribution in [1.82, 2.24) is 14.9 Å². The average molecular weight is 398 g/mol. The molecule has 3 aromatic rings. The number of rotatable bonds is 6. The maximum atomic E-state index is 12.8. The highest BCUT2D eigenvalue weighted by atomic mass is 32.1. The normalized spacial score (nSPS) is 11.0. The summed E-state index contributed by atoms with van der Waals surface area (Å²) in [5, 5.41) is 5.98. The monoisotopic (exact) mass is 398 g/mol. The number of hydrogen-bond donors (Lipinski definition) is 2. The lowest BCUT2D eigenvalue weighted by Crippen LogP contribution is -2.34. The first-order chi connectivity index (χ1) is 13.4. The zero-order valence-electron chi connectivity index (χ0n) is 16.0. The molecule has 8 heteroatoms. The van der Waals surface area contributed by atoms with E-state index in [9.17, 15) is 14.4 Å². The minimum atomic E-state index is -0.322. The number of carbonyl (C=O) groups is 2. The third kappa shape index (κ3) is 4.28. The van der Waals surface area contributed by atoms with Gasteiger partial charge in [0.1, 0.15) is 11.4 Å². The average Bonchev–Trinajstić information content (AvgIpc) is 3.00. The van der Waals surface area contributed by atoms with E-state index in [0.717, 1.165) is 0 Å². The molecule has 2 N–H and O–H groups in total. The molecule has 0 spiro atoms. The lowest BCUT2D eigenvalue weighted by atomic mass is 10.2. The van der Waals surface area contributed by atoms with Crippen molar-refractivity contribution in [3.05, 3.63) is 57.5 Å². The van der Waals surface area contributed by atoms with Crippen LogP contribution in [0.4, 0.5) is 5.69 Å². The van der Waals surface area contributed by atoms with Gasteiger partial charge >= 0.3 is 0 Å². The van der Waals surface area contributed by atoms with Crippen LogP contribution in [0.3, 0.4) is 0 Å². The minimum absolute atomic E-state index is 0.102. The number of carbonyl (C=O) groups excluding carboxylic acids is 2. The summed E-state index contributed by atoms with van der Waals surface area (Å²) in [5.41, 5.74) is 0.927. The molecule has 0 saturated heterocycles. The first-order valence-electron chi connectivity index (χ1n) is 8.98. The predicted octanol–water partition coefficient (Wildman–Crippen LogP) is 2.79. The molecular weight excluding hydrogens is 376 g/mol. The van der Waals surface area contributed by atoms with Gasteiger partial charge in [-0.3, -0.25) is 19.0 Å². The molecule has 0 bridgehead atoms. The standard InChI is InChI=1S/C20H22N4O3S/c1-12(2)9-21-15(25)10-24-11-22-19-16(20(24)27)13(3)17(28-19)18(26)23-14-7-5-4-6-8-14/h4-8,11-12H,9-10H2,1-3H3,(H,21,25)(H,23,26). The number of hydrogen-bond acceptors (Lipinski definition) is 5. The molecule has 2 aromatic heterocycles. The quantitative estimate of drug-likeness (QED) is 0.668. The fraction of sp³-hybridized carbons (Fsp3) is 0.300. The third-order valence-corrected chi connectivity index (χ3v) is 5.38. The Balaban J connectivity index is 1.87. The molecule has 0 aliphatic heterocycles. The summed E-state index contributed by atoms with van der Waals surface area (Å²) in [7, 11) is 0. The minimum Gasteiger partial charge on any atom is -0.354 e. The number of aromatic nitrogens is 2. The number of aryl methyl sites for hydroxylation is 1. The number of fused-ring (bicyclic) bond motifs is 1. The van der Waals surface area contributed by atoms with Gasteiger partial charge in [0.25, 0.3) is 11.5 Å². The molecule has 0 saturated carbocycles. The molecule has 28 heavy (non-hydrogen) atoms. The van der Waals surface area contributed by atoms with E-state index in [1.807, 2.05) is 32.0 Å². The number of para-hydroxylation sites is 1. The van der Waals surface area contributed by atoms with E-state index >= 15 is 0 Å². The molecule has 7 nitrogen and oxygen atoms in total. The maximum Gasteiger partial charge on any atom is 0.266 e. The number of nitrogens with one attached hydrogen (secondary N) is 2. The van der Waals surface area contributed by atoms with Crippen LogP contribution in [-0.4, -0.2) is 27.9 Å². The van der Waals surface area contributed by atoms with Crippen molar-refractivity contribution >= 4 is 39.1 Å². The van der Waals surface area contributed by atoms with Crippen LogP contribution in [0.15, 0.2) is 41.5 Å². The fourth-order valence-electron chi connectivity index (χ4n) is 2.73. The predicted molar refractivity (Wildman–Crippen MR) is 111 cm³/mol. The van der Waals surface area contributed by atoms with E-state index in [1.54, 1.807) is 19.1 Å². The van der Waals surface area contributed by atoms with Crippen LogP contribution < -0.4 is 16.2 Å². The van der Waals surface area contributed by atoms with Crippen molar-refractivity contribution in [1.29, 1.82) is 0 Å². The molecule has 1 aromatic carbocycles. The van der Waals surface area contributed by atoms with Crippen molar-refractivity contribution in [2.24, 2.45) is 5.92 Å². The van der Waals surface area contributed by atoms with E-state index in [1.165, 1.54) is 22.2 Å². The largest absolute Gasteiger partial charge is 0.354 e. The molecule has 2 heterocycles. The van der Waals surface area contributed by atoms with E-state index in [4.69, 9.17) is 0 Å². The Hall–Kier alpha value is -3.00. The summed E-state index contributed by atoms with van der Waals surface area (Å²) in [6.07, 6.45) is 1.36. The second-order valence-electron chi connectivity index (χ2n) is 6.93. The van der Waals surface area contributed by atoms with Gasteiger partial charge in [-0.2, -0.15) is 0 Å². The van der Waals surface area contributed by atoms with Gasteiger partial charge < -0.3 is 10.6 Å². The topological polar surface area (TPSA) is 93.1 Å². The smallest absolute Gasteiger partial charge is 0.266 e. The highest BCUT2D eigenvalue weighted by molar-refractivity contribution is 7.20. The van der Waals surface area contributed by atoms with E-state index in [2.05, 4.69) is 15.6 Å². The SMILES string of the molecule is Cc1c(C(=O)Nc2ccccc2)sc2ncn(CC(=O)NCC(C)C)c(=O)c12. The number of anilines is 1. The third-order valence-electron chi connectivity index (χ3n) is 4.18. The Kier molecular flexibility index (Phi) is 5.89. The molecule has 146 valence electrons. The first-order valence-corrected chi connectivity index (χ1v) is 9.80. The summed E-state index contributed by atoms with van der Waals surface area (Å²) in [6.45, 7) is 6.17. The number of benzene rings is 1. The molecule has 2 amide bonds. The molecule has 0 radical (unpaired) electrons. The van der Waals surface area contributed by atoms with Gasteiger partial charge in [0, 0.05) is 12.2 Å². The van der Waals surface area contributed by atoms with Gasteiger partial charge in [0.15, 0.2) is 0 Å². The van der Waals surface area contributed by atoms with Gasteiger partial charge in [0.05, 0.1) is 16.6 Å². The first kappa shape index (κ1) is 19.8. The molecule has 0 aliphatic rings. The van der Waals surface area contributed by atoms with Crippen LogP contribution in [0.25, 0.3) is 10.2 Å². The molecule has 0 fully saturated rings. The van der Waals surface area contributed by atoms with Crippen molar-refractivity contribution in [2.75, 3.05) is 11.9 Å². The van der Waals surface area contributed by atoms with Crippen LogP contribution in [0, 0.1) is 12.8 Å². The number of nitrogens with zero attached hydrogens (tertiary/aromatic N) is 2. The van der Waals surface area contributed by atoms with Crippen LogP contribution in [-0.2, 0) is 11.3 Å². The summed E-state index contributed by atoms with van der Waals surface area (Å²) < 4.78 is 1.27. The second kappa shape index (κ2) is 8.35. The highest BCUT2D eigenvalue weighted by Crippen LogP contribution is 2.27. The maximum absolute atomic E-state index is 12.8.